The van der Waals surface area contributed by atoms with E-state index in [-0.39, 0.29) is 5.78 Å². The zero-order chi connectivity index (χ0) is 11.8. The van der Waals surface area contributed by atoms with E-state index in [9.17, 15) is 13.6 Å². The summed E-state index contributed by atoms with van der Waals surface area (Å²) in [5, 5.41) is 0. The van der Waals surface area contributed by atoms with Crippen molar-refractivity contribution in [1.29, 1.82) is 0 Å². The average Bonchev–Trinajstić information content (AvgIpc) is 1.99. The van der Waals surface area contributed by atoms with Crippen molar-refractivity contribution in [2.45, 2.75) is 33.6 Å². The van der Waals surface area contributed by atoms with Crippen molar-refractivity contribution in [3.63, 3.8) is 0 Å². The standard InChI is InChI=1S/C10H12F2N2O/c1-5-8(7(3)15)6(2)14-9(13-5)10(4,11)12/h1-4H3. The van der Waals surface area contributed by atoms with Crippen molar-refractivity contribution in [2.75, 3.05) is 0 Å². The molecular formula is C10H12F2N2O. The van der Waals surface area contributed by atoms with Crippen LogP contribution < -0.4 is 0 Å². The smallest absolute Gasteiger partial charge is 0.294 e. The molecule has 1 aromatic rings. The summed E-state index contributed by atoms with van der Waals surface area (Å²) >= 11 is 0. The van der Waals surface area contributed by atoms with Crippen molar-refractivity contribution in [3.05, 3.63) is 22.8 Å². The van der Waals surface area contributed by atoms with Gasteiger partial charge in [-0.05, 0) is 20.8 Å². The second kappa shape index (κ2) is 3.64. The molecule has 0 aromatic carbocycles. The highest BCUT2D eigenvalue weighted by molar-refractivity contribution is 5.96. The largest absolute Gasteiger partial charge is 0.303 e. The van der Waals surface area contributed by atoms with Crippen molar-refractivity contribution in [2.24, 2.45) is 0 Å². The van der Waals surface area contributed by atoms with E-state index in [1.54, 1.807) is 0 Å². The molecular weight excluding hydrogens is 202 g/mol. The lowest BCUT2D eigenvalue weighted by Crippen LogP contribution is -2.17. The molecule has 0 spiro atoms. The second-order valence-electron chi connectivity index (χ2n) is 3.54. The van der Waals surface area contributed by atoms with Gasteiger partial charge in [-0.1, -0.05) is 0 Å². The number of carbonyl (C=O) groups excluding carboxylic acids is 1. The first-order chi connectivity index (χ1) is 6.73. The van der Waals surface area contributed by atoms with Gasteiger partial charge in [-0.25, -0.2) is 9.97 Å². The topological polar surface area (TPSA) is 42.9 Å². The number of carbonyl (C=O) groups is 1. The molecule has 0 bridgehead atoms. The molecule has 0 aliphatic rings. The van der Waals surface area contributed by atoms with Gasteiger partial charge in [0.05, 0.1) is 17.0 Å². The summed E-state index contributed by atoms with van der Waals surface area (Å²) in [6.45, 7) is 5.15. The molecule has 0 saturated carbocycles. The second-order valence-corrected chi connectivity index (χ2v) is 3.54. The van der Waals surface area contributed by atoms with Gasteiger partial charge in [-0.15, -0.1) is 0 Å². The quantitative estimate of drug-likeness (QED) is 0.710. The lowest BCUT2D eigenvalue weighted by Gasteiger charge is -2.12. The number of hydrogen-bond donors (Lipinski definition) is 0. The Morgan fingerprint density at radius 1 is 1.20 bits per heavy atom. The third-order valence-corrected chi connectivity index (χ3v) is 2.02. The van der Waals surface area contributed by atoms with Crippen LogP contribution in [0, 0.1) is 13.8 Å². The van der Waals surface area contributed by atoms with Gasteiger partial charge in [0, 0.05) is 6.92 Å². The minimum atomic E-state index is -3.08. The minimum absolute atomic E-state index is 0.212. The van der Waals surface area contributed by atoms with Crippen molar-refractivity contribution in [3.8, 4) is 0 Å². The number of hydrogen-bond acceptors (Lipinski definition) is 3. The molecule has 1 heterocycles. The van der Waals surface area contributed by atoms with Crippen LogP contribution in [-0.4, -0.2) is 15.8 Å². The fraction of sp³-hybridized carbons (Fsp3) is 0.500. The molecule has 0 atom stereocenters. The molecule has 1 aromatic heterocycles. The van der Waals surface area contributed by atoms with Crippen LogP contribution >= 0.6 is 0 Å². The summed E-state index contributed by atoms with van der Waals surface area (Å²) in [6, 6.07) is 0. The van der Waals surface area contributed by atoms with Gasteiger partial charge in [0.25, 0.3) is 0 Å². The number of alkyl halides is 2. The molecule has 15 heavy (non-hydrogen) atoms. The normalized spacial score (nSPS) is 11.6. The number of nitrogens with zero attached hydrogens (tertiary/aromatic N) is 2. The number of aryl methyl sites for hydroxylation is 2. The van der Waals surface area contributed by atoms with Crippen LogP contribution in [0.1, 0.15) is 41.4 Å². The number of halogens is 2. The van der Waals surface area contributed by atoms with Crippen LogP contribution in [0.25, 0.3) is 0 Å². The Bertz CT molecular complexity index is 387. The molecule has 0 fully saturated rings. The summed E-state index contributed by atoms with van der Waals surface area (Å²) < 4.78 is 25.9. The molecule has 0 aliphatic heterocycles. The molecule has 0 radical (unpaired) electrons. The van der Waals surface area contributed by atoms with E-state index < -0.39 is 11.7 Å². The van der Waals surface area contributed by atoms with Crippen LogP contribution in [0.5, 0.6) is 0 Å². The Balaban J connectivity index is 3.39. The summed E-state index contributed by atoms with van der Waals surface area (Å²) in [7, 11) is 0. The molecule has 0 N–H and O–H groups in total. The van der Waals surface area contributed by atoms with Crippen LogP contribution in [0.3, 0.4) is 0 Å². The van der Waals surface area contributed by atoms with Gasteiger partial charge in [0.1, 0.15) is 0 Å². The van der Waals surface area contributed by atoms with Crippen LogP contribution in [-0.2, 0) is 5.92 Å². The Morgan fingerprint density at radius 3 is 1.87 bits per heavy atom. The van der Waals surface area contributed by atoms with Crippen molar-refractivity contribution in [1.82, 2.24) is 9.97 Å². The first kappa shape index (κ1) is 11.7. The molecule has 0 saturated heterocycles. The van der Waals surface area contributed by atoms with Gasteiger partial charge in [0.15, 0.2) is 11.6 Å². The molecule has 3 nitrogen and oxygen atoms in total. The zero-order valence-electron chi connectivity index (χ0n) is 9.06. The lowest BCUT2D eigenvalue weighted by atomic mass is 10.1. The van der Waals surface area contributed by atoms with E-state index in [4.69, 9.17) is 0 Å². The summed E-state index contributed by atoms with van der Waals surface area (Å²) in [6.07, 6.45) is 0. The minimum Gasteiger partial charge on any atom is -0.294 e. The van der Waals surface area contributed by atoms with E-state index in [1.165, 1.54) is 20.8 Å². The van der Waals surface area contributed by atoms with E-state index in [0.717, 1.165) is 6.92 Å². The SMILES string of the molecule is CC(=O)c1c(C)nc(C(C)(F)F)nc1C. The van der Waals surface area contributed by atoms with Gasteiger partial charge < -0.3 is 0 Å². The number of ketones is 1. The first-order valence-electron chi connectivity index (χ1n) is 4.48. The van der Waals surface area contributed by atoms with E-state index in [1.807, 2.05) is 0 Å². The fourth-order valence-corrected chi connectivity index (χ4v) is 1.42. The van der Waals surface area contributed by atoms with Gasteiger partial charge in [0.2, 0.25) is 0 Å². The third-order valence-electron chi connectivity index (χ3n) is 2.02. The maximum atomic E-state index is 12.9. The zero-order valence-corrected chi connectivity index (χ0v) is 9.06. The van der Waals surface area contributed by atoms with Gasteiger partial charge in [-0.2, -0.15) is 8.78 Å². The number of Topliss-reactive ketones (excluding diaryl/α,β-unsaturated/α-hetero) is 1. The predicted molar refractivity (Wildman–Crippen MR) is 51.1 cm³/mol. The molecule has 1 rings (SSSR count). The highest BCUT2D eigenvalue weighted by Crippen LogP contribution is 2.25. The molecule has 0 amide bonds. The van der Waals surface area contributed by atoms with E-state index in [2.05, 4.69) is 9.97 Å². The predicted octanol–water partition coefficient (Wildman–Crippen LogP) is 2.41. The van der Waals surface area contributed by atoms with Crippen LogP contribution in [0.4, 0.5) is 8.78 Å². The fourth-order valence-electron chi connectivity index (χ4n) is 1.42. The molecule has 0 unspecified atom stereocenters. The first-order valence-corrected chi connectivity index (χ1v) is 4.48. The Morgan fingerprint density at radius 2 is 1.60 bits per heavy atom. The molecule has 5 heteroatoms. The van der Waals surface area contributed by atoms with Gasteiger partial charge in [-0.3, -0.25) is 4.79 Å². The molecule has 0 aliphatic carbocycles. The maximum Gasteiger partial charge on any atom is 0.303 e. The lowest BCUT2D eigenvalue weighted by molar-refractivity contribution is 0.00725. The summed E-state index contributed by atoms with van der Waals surface area (Å²) in [5.74, 6) is -3.83. The third kappa shape index (κ3) is 2.34. The number of aromatic nitrogens is 2. The maximum absolute atomic E-state index is 12.9. The Hall–Kier alpha value is -1.39. The van der Waals surface area contributed by atoms with Crippen molar-refractivity contribution < 1.29 is 13.6 Å². The Kier molecular flexibility index (Phi) is 2.83. The van der Waals surface area contributed by atoms with E-state index in [0.29, 0.717) is 17.0 Å². The Labute approximate surface area is 86.6 Å². The monoisotopic (exact) mass is 214 g/mol. The van der Waals surface area contributed by atoms with Gasteiger partial charge >= 0.3 is 5.92 Å². The summed E-state index contributed by atoms with van der Waals surface area (Å²) in [5.41, 5.74) is 0.918. The van der Waals surface area contributed by atoms with Crippen LogP contribution in [0.15, 0.2) is 0 Å². The van der Waals surface area contributed by atoms with Crippen LogP contribution in [0.2, 0.25) is 0 Å². The van der Waals surface area contributed by atoms with E-state index >= 15 is 0 Å². The summed E-state index contributed by atoms with van der Waals surface area (Å²) in [4.78, 5) is 18.5. The molecule has 82 valence electrons. The average molecular weight is 214 g/mol. The highest BCUT2D eigenvalue weighted by atomic mass is 19.3. The van der Waals surface area contributed by atoms with Crippen molar-refractivity contribution >= 4 is 5.78 Å². The highest BCUT2D eigenvalue weighted by Gasteiger charge is 2.29. The number of rotatable bonds is 2.